The summed E-state index contributed by atoms with van der Waals surface area (Å²) in [5.74, 6) is 0.0588. The molecule has 7 heteroatoms. The SMILES string of the molecule is Cc1ccc2c(C)cc(SC(C)C(=O)NC3CCS(=O)(=O)C3)nc2c1C. The highest BCUT2D eigenvalue weighted by Gasteiger charge is 2.30. The number of benzene rings is 1. The summed E-state index contributed by atoms with van der Waals surface area (Å²) in [5, 5.41) is 4.46. The second kappa shape index (κ2) is 7.19. The van der Waals surface area contributed by atoms with Crippen LogP contribution in [0.25, 0.3) is 10.9 Å². The van der Waals surface area contributed by atoms with Gasteiger partial charge >= 0.3 is 0 Å². The van der Waals surface area contributed by atoms with Crippen molar-refractivity contribution in [1.29, 1.82) is 0 Å². The zero-order chi connectivity index (χ0) is 19.1. The summed E-state index contributed by atoms with van der Waals surface area (Å²) in [6.07, 6.45) is 0.497. The van der Waals surface area contributed by atoms with E-state index in [9.17, 15) is 13.2 Å². The predicted octanol–water partition coefficient (Wildman–Crippen LogP) is 2.94. The van der Waals surface area contributed by atoms with Gasteiger partial charge in [-0.25, -0.2) is 13.4 Å². The lowest BCUT2D eigenvalue weighted by Gasteiger charge is -2.16. The van der Waals surface area contributed by atoms with Crippen LogP contribution in [0.5, 0.6) is 0 Å². The maximum absolute atomic E-state index is 12.4. The molecule has 5 nitrogen and oxygen atoms in total. The molecular formula is C19H24N2O3S2. The van der Waals surface area contributed by atoms with Crippen molar-refractivity contribution in [3.8, 4) is 0 Å². The van der Waals surface area contributed by atoms with E-state index >= 15 is 0 Å². The molecule has 1 aliphatic rings. The van der Waals surface area contributed by atoms with Crippen LogP contribution in [0.3, 0.4) is 0 Å². The van der Waals surface area contributed by atoms with Gasteiger partial charge in [0.2, 0.25) is 5.91 Å². The van der Waals surface area contributed by atoms with Crippen LogP contribution >= 0.6 is 11.8 Å². The predicted molar refractivity (Wildman–Crippen MR) is 106 cm³/mol. The standard InChI is InChI=1S/C19H24N2O3S2/c1-11-5-6-16-12(2)9-17(21-18(16)13(11)3)25-14(4)19(22)20-15-7-8-26(23,24)10-15/h5-6,9,14-15H,7-8,10H2,1-4H3,(H,20,22). The molecule has 0 bridgehead atoms. The molecular weight excluding hydrogens is 368 g/mol. The van der Waals surface area contributed by atoms with Crippen molar-refractivity contribution in [2.75, 3.05) is 11.5 Å². The highest BCUT2D eigenvalue weighted by molar-refractivity contribution is 8.00. The van der Waals surface area contributed by atoms with Crippen molar-refractivity contribution in [2.24, 2.45) is 0 Å². The molecule has 1 amide bonds. The number of thioether (sulfide) groups is 1. The Morgan fingerprint density at radius 3 is 2.65 bits per heavy atom. The van der Waals surface area contributed by atoms with Crippen LogP contribution in [0.2, 0.25) is 0 Å². The van der Waals surface area contributed by atoms with Gasteiger partial charge in [-0.2, -0.15) is 0 Å². The number of sulfone groups is 1. The number of amides is 1. The van der Waals surface area contributed by atoms with Gasteiger partial charge in [-0.1, -0.05) is 23.9 Å². The van der Waals surface area contributed by atoms with Gasteiger partial charge in [-0.15, -0.1) is 0 Å². The number of nitrogens with zero attached hydrogens (tertiary/aromatic N) is 1. The Morgan fingerprint density at radius 2 is 2.00 bits per heavy atom. The maximum Gasteiger partial charge on any atom is 0.233 e. The molecule has 140 valence electrons. The Balaban J connectivity index is 1.75. The van der Waals surface area contributed by atoms with Gasteiger partial charge in [-0.3, -0.25) is 4.79 Å². The Kier molecular flexibility index (Phi) is 5.30. The van der Waals surface area contributed by atoms with Crippen LogP contribution in [0.1, 0.15) is 30.0 Å². The third-order valence-corrected chi connectivity index (χ3v) is 7.72. The lowest BCUT2D eigenvalue weighted by molar-refractivity contribution is -0.120. The van der Waals surface area contributed by atoms with Crippen molar-refractivity contribution < 1.29 is 13.2 Å². The summed E-state index contributed by atoms with van der Waals surface area (Å²) in [4.78, 5) is 17.2. The van der Waals surface area contributed by atoms with Crippen molar-refractivity contribution in [3.63, 3.8) is 0 Å². The summed E-state index contributed by atoms with van der Waals surface area (Å²) in [6.45, 7) is 8.01. The van der Waals surface area contributed by atoms with E-state index in [1.807, 2.05) is 13.0 Å². The molecule has 0 aliphatic carbocycles. The topological polar surface area (TPSA) is 76.1 Å². The maximum atomic E-state index is 12.4. The van der Waals surface area contributed by atoms with Crippen LogP contribution in [-0.2, 0) is 14.6 Å². The van der Waals surface area contributed by atoms with Gasteiger partial charge in [0, 0.05) is 11.4 Å². The number of pyridine rings is 1. The highest BCUT2D eigenvalue weighted by atomic mass is 32.2. The third-order valence-electron chi connectivity index (χ3n) is 4.93. The molecule has 1 aromatic heterocycles. The molecule has 0 saturated carbocycles. The molecule has 2 aromatic rings. The molecule has 1 saturated heterocycles. The first-order chi connectivity index (χ1) is 12.2. The monoisotopic (exact) mass is 392 g/mol. The van der Waals surface area contributed by atoms with Crippen LogP contribution in [0, 0.1) is 20.8 Å². The number of aromatic nitrogens is 1. The van der Waals surface area contributed by atoms with E-state index in [4.69, 9.17) is 4.98 Å². The quantitative estimate of drug-likeness (QED) is 0.810. The summed E-state index contributed by atoms with van der Waals surface area (Å²) in [6, 6.07) is 5.92. The molecule has 0 radical (unpaired) electrons. The largest absolute Gasteiger partial charge is 0.351 e. The first-order valence-corrected chi connectivity index (χ1v) is 11.4. The highest BCUT2D eigenvalue weighted by Crippen LogP contribution is 2.29. The summed E-state index contributed by atoms with van der Waals surface area (Å²) < 4.78 is 23.1. The number of aryl methyl sites for hydroxylation is 3. The average Bonchev–Trinajstić information content (AvgIpc) is 2.90. The van der Waals surface area contributed by atoms with Crippen LogP contribution < -0.4 is 5.32 Å². The van der Waals surface area contributed by atoms with Crippen molar-refractivity contribution in [2.45, 2.75) is 50.4 Å². The fourth-order valence-corrected chi connectivity index (χ4v) is 5.79. The van der Waals surface area contributed by atoms with E-state index in [0.717, 1.165) is 27.1 Å². The van der Waals surface area contributed by atoms with E-state index in [2.05, 4.69) is 38.2 Å². The van der Waals surface area contributed by atoms with E-state index in [1.54, 1.807) is 0 Å². The van der Waals surface area contributed by atoms with Gasteiger partial charge in [-0.05, 0) is 56.9 Å². The van der Waals surface area contributed by atoms with Crippen molar-refractivity contribution >= 4 is 38.4 Å². The molecule has 1 aliphatic heterocycles. The normalized spacial score (nSPS) is 20.2. The zero-order valence-corrected chi connectivity index (χ0v) is 17.1. The van der Waals surface area contributed by atoms with Gasteiger partial charge < -0.3 is 5.32 Å². The van der Waals surface area contributed by atoms with Crippen molar-refractivity contribution in [3.05, 3.63) is 34.9 Å². The molecule has 2 atom stereocenters. The van der Waals surface area contributed by atoms with Crippen LogP contribution in [0.15, 0.2) is 23.2 Å². The first-order valence-electron chi connectivity index (χ1n) is 8.71. The van der Waals surface area contributed by atoms with Crippen LogP contribution in [-0.4, -0.2) is 42.1 Å². The first kappa shape index (κ1) is 19.2. The molecule has 1 N–H and O–H groups in total. The lowest BCUT2D eigenvalue weighted by Crippen LogP contribution is -2.39. The number of carbonyl (C=O) groups excluding carboxylic acids is 1. The van der Waals surface area contributed by atoms with Crippen LogP contribution in [0.4, 0.5) is 0 Å². The van der Waals surface area contributed by atoms with Gasteiger partial charge in [0.1, 0.15) is 0 Å². The summed E-state index contributed by atoms with van der Waals surface area (Å²) in [5.41, 5.74) is 4.46. The molecule has 0 spiro atoms. The minimum Gasteiger partial charge on any atom is -0.351 e. The lowest BCUT2D eigenvalue weighted by atomic mass is 10.0. The second-order valence-electron chi connectivity index (χ2n) is 7.05. The molecule has 26 heavy (non-hydrogen) atoms. The number of nitrogens with one attached hydrogen (secondary N) is 1. The Bertz CT molecular complexity index is 970. The minimum absolute atomic E-state index is 0.0436. The van der Waals surface area contributed by atoms with Crippen molar-refractivity contribution in [1.82, 2.24) is 10.3 Å². The number of rotatable bonds is 4. The summed E-state index contributed by atoms with van der Waals surface area (Å²) >= 11 is 1.41. The Labute approximate surface area is 158 Å². The fourth-order valence-electron chi connectivity index (χ4n) is 3.19. The van der Waals surface area contributed by atoms with Gasteiger partial charge in [0.25, 0.3) is 0 Å². The van der Waals surface area contributed by atoms with E-state index in [1.165, 1.54) is 17.3 Å². The molecule has 1 aromatic carbocycles. The van der Waals surface area contributed by atoms with E-state index < -0.39 is 9.84 Å². The minimum atomic E-state index is -3.00. The molecule has 1 fully saturated rings. The van der Waals surface area contributed by atoms with E-state index in [-0.39, 0.29) is 28.7 Å². The smallest absolute Gasteiger partial charge is 0.233 e. The number of carbonyl (C=O) groups is 1. The second-order valence-corrected chi connectivity index (χ2v) is 10.6. The Morgan fingerprint density at radius 1 is 1.27 bits per heavy atom. The molecule has 2 unspecified atom stereocenters. The molecule has 3 rings (SSSR count). The summed E-state index contributed by atoms with van der Waals surface area (Å²) in [7, 11) is -3.00. The number of fused-ring (bicyclic) bond motifs is 1. The van der Waals surface area contributed by atoms with Gasteiger partial charge in [0.15, 0.2) is 9.84 Å². The zero-order valence-electron chi connectivity index (χ0n) is 15.5. The number of hydrogen-bond acceptors (Lipinski definition) is 5. The van der Waals surface area contributed by atoms with E-state index in [0.29, 0.717) is 6.42 Å². The molecule has 2 heterocycles. The van der Waals surface area contributed by atoms with Gasteiger partial charge in [0.05, 0.1) is 27.3 Å². The fraction of sp³-hybridized carbons (Fsp3) is 0.474. The number of hydrogen-bond donors (Lipinski definition) is 1. The third kappa shape index (κ3) is 4.04. The Hall–Kier alpha value is -1.60. The average molecular weight is 393 g/mol.